The zero-order valence-electron chi connectivity index (χ0n) is 10.6. The Balaban J connectivity index is 2.75. The van der Waals surface area contributed by atoms with Crippen LogP contribution in [0.3, 0.4) is 0 Å². The highest BCUT2D eigenvalue weighted by atomic mass is 16.5. The minimum absolute atomic E-state index is 0.695. The summed E-state index contributed by atoms with van der Waals surface area (Å²) in [7, 11) is 1.93. The van der Waals surface area contributed by atoms with Crippen LogP contribution in [0.1, 0.15) is 29.7 Å². The fourth-order valence-electron chi connectivity index (χ4n) is 1.66. The van der Waals surface area contributed by atoms with E-state index in [1.165, 1.54) is 5.56 Å². The van der Waals surface area contributed by atoms with Gasteiger partial charge in [0.15, 0.2) is 0 Å². The monoisotopic (exact) mass is 223 g/mol. The molecule has 0 bridgehead atoms. The molecule has 0 unspecified atom stereocenters. The van der Waals surface area contributed by atoms with Crippen molar-refractivity contribution in [1.29, 1.82) is 0 Å². The maximum Gasteiger partial charge on any atom is 0.131 e. The number of nitrogens with zero attached hydrogens (tertiary/aromatic N) is 2. The molecule has 90 valence electrons. The molecule has 0 radical (unpaired) electrons. The molecule has 16 heavy (non-hydrogen) atoms. The standard InChI is InChI=1S/C12H21N3O/c1-5-16-7-6-12-14-9(2)11(8-13-4)10(3)15-12/h13H,5-8H2,1-4H3. The highest BCUT2D eigenvalue weighted by Gasteiger charge is 2.07. The number of ether oxygens (including phenoxy) is 1. The van der Waals surface area contributed by atoms with E-state index in [4.69, 9.17) is 4.74 Å². The van der Waals surface area contributed by atoms with Crippen LogP contribution in [0.2, 0.25) is 0 Å². The molecule has 0 amide bonds. The van der Waals surface area contributed by atoms with Gasteiger partial charge in [-0.05, 0) is 27.8 Å². The summed E-state index contributed by atoms with van der Waals surface area (Å²) in [6.07, 6.45) is 0.787. The van der Waals surface area contributed by atoms with Crippen molar-refractivity contribution in [1.82, 2.24) is 15.3 Å². The molecule has 4 nitrogen and oxygen atoms in total. The molecule has 0 spiro atoms. The van der Waals surface area contributed by atoms with Gasteiger partial charge in [-0.3, -0.25) is 0 Å². The molecule has 0 fully saturated rings. The average Bonchev–Trinajstić information content (AvgIpc) is 2.24. The smallest absolute Gasteiger partial charge is 0.131 e. The molecule has 0 aliphatic rings. The Morgan fingerprint density at radius 3 is 2.31 bits per heavy atom. The molecule has 1 heterocycles. The van der Waals surface area contributed by atoms with Crippen molar-refractivity contribution >= 4 is 0 Å². The first-order chi connectivity index (χ1) is 7.69. The fourth-order valence-corrected chi connectivity index (χ4v) is 1.66. The molecule has 1 aromatic heterocycles. The predicted octanol–water partition coefficient (Wildman–Crippen LogP) is 1.39. The number of hydrogen-bond donors (Lipinski definition) is 1. The van der Waals surface area contributed by atoms with E-state index in [0.717, 1.165) is 36.8 Å². The van der Waals surface area contributed by atoms with Gasteiger partial charge in [-0.1, -0.05) is 0 Å². The minimum atomic E-state index is 0.695. The number of aromatic nitrogens is 2. The molecule has 0 saturated carbocycles. The van der Waals surface area contributed by atoms with Crippen LogP contribution in [0.25, 0.3) is 0 Å². The lowest BCUT2D eigenvalue weighted by Crippen LogP contribution is -2.13. The zero-order valence-corrected chi connectivity index (χ0v) is 10.6. The predicted molar refractivity (Wildman–Crippen MR) is 64.5 cm³/mol. The number of aryl methyl sites for hydroxylation is 2. The Hall–Kier alpha value is -1.00. The molecule has 0 saturated heterocycles. The maximum atomic E-state index is 5.30. The first kappa shape index (κ1) is 13.1. The Bertz CT molecular complexity index is 316. The van der Waals surface area contributed by atoms with Crippen LogP contribution in [-0.4, -0.2) is 30.2 Å². The Morgan fingerprint density at radius 1 is 1.19 bits per heavy atom. The third-order valence-electron chi connectivity index (χ3n) is 2.49. The van der Waals surface area contributed by atoms with Gasteiger partial charge in [0, 0.05) is 36.5 Å². The van der Waals surface area contributed by atoms with Crippen LogP contribution in [0.5, 0.6) is 0 Å². The van der Waals surface area contributed by atoms with Crippen LogP contribution in [0, 0.1) is 13.8 Å². The Morgan fingerprint density at radius 2 is 1.81 bits per heavy atom. The first-order valence-electron chi connectivity index (χ1n) is 5.74. The lowest BCUT2D eigenvalue weighted by molar-refractivity contribution is 0.149. The van der Waals surface area contributed by atoms with E-state index in [1.807, 2.05) is 27.8 Å². The quantitative estimate of drug-likeness (QED) is 0.740. The normalized spacial score (nSPS) is 10.8. The summed E-state index contributed by atoms with van der Waals surface area (Å²) in [5.41, 5.74) is 3.32. The topological polar surface area (TPSA) is 47.0 Å². The summed E-state index contributed by atoms with van der Waals surface area (Å²) < 4.78 is 5.30. The van der Waals surface area contributed by atoms with Gasteiger partial charge in [-0.2, -0.15) is 0 Å². The zero-order chi connectivity index (χ0) is 12.0. The largest absolute Gasteiger partial charge is 0.381 e. The average molecular weight is 223 g/mol. The van der Waals surface area contributed by atoms with Crippen LogP contribution in [0.4, 0.5) is 0 Å². The second kappa shape index (κ2) is 6.55. The van der Waals surface area contributed by atoms with Gasteiger partial charge < -0.3 is 10.1 Å². The van der Waals surface area contributed by atoms with E-state index in [2.05, 4.69) is 15.3 Å². The van der Waals surface area contributed by atoms with Crippen molar-refractivity contribution in [3.63, 3.8) is 0 Å². The van der Waals surface area contributed by atoms with Gasteiger partial charge in [0.1, 0.15) is 5.82 Å². The molecule has 0 aliphatic heterocycles. The minimum Gasteiger partial charge on any atom is -0.381 e. The van der Waals surface area contributed by atoms with E-state index in [-0.39, 0.29) is 0 Å². The first-order valence-corrected chi connectivity index (χ1v) is 5.74. The lowest BCUT2D eigenvalue weighted by atomic mass is 10.1. The summed E-state index contributed by atoms with van der Waals surface area (Å²) in [4.78, 5) is 8.99. The van der Waals surface area contributed by atoms with Crippen molar-refractivity contribution in [2.75, 3.05) is 20.3 Å². The number of nitrogens with one attached hydrogen (secondary N) is 1. The summed E-state index contributed by atoms with van der Waals surface area (Å²) in [5.74, 6) is 0.878. The van der Waals surface area contributed by atoms with Crippen molar-refractivity contribution in [3.8, 4) is 0 Å². The highest BCUT2D eigenvalue weighted by Crippen LogP contribution is 2.10. The molecule has 1 rings (SSSR count). The molecule has 0 atom stereocenters. The number of rotatable bonds is 6. The van der Waals surface area contributed by atoms with Gasteiger partial charge in [0.2, 0.25) is 0 Å². The van der Waals surface area contributed by atoms with Crippen molar-refractivity contribution in [3.05, 3.63) is 22.8 Å². The Kier molecular flexibility index (Phi) is 5.35. The maximum absolute atomic E-state index is 5.30. The molecule has 0 aromatic carbocycles. The van der Waals surface area contributed by atoms with Gasteiger partial charge in [0.25, 0.3) is 0 Å². The Labute approximate surface area is 97.5 Å². The lowest BCUT2D eigenvalue weighted by Gasteiger charge is -2.10. The molecule has 1 N–H and O–H groups in total. The SMILES string of the molecule is CCOCCc1nc(C)c(CNC)c(C)n1. The summed E-state index contributed by atoms with van der Waals surface area (Å²) >= 11 is 0. The van der Waals surface area contributed by atoms with Crippen LogP contribution in [-0.2, 0) is 17.7 Å². The molecule has 4 heteroatoms. The summed E-state index contributed by atoms with van der Waals surface area (Å²) in [6, 6.07) is 0. The third-order valence-corrected chi connectivity index (χ3v) is 2.49. The van der Waals surface area contributed by atoms with E-state index < -0.39 is 0 Å². The van der Waals surface area contributed by atoms with Gasteiger partial charge >= 0.3 is 0 Å². The van der Waals surface area contributed by atoms with Crippen LogP contribution >= 0.6 is 0 Å². The molecular formula is C12H21N3O. The molecule has 1 aromatic rings. The second-order valence-electron chi connectivity index (χ2n) is 3.77. The van der Waals surface area contributed by atoms with Crippen molar-refractivity contribution in [2.24, 2.45) is 0 Å². The summed E-state index contributed by atoms with van der Waals surface area (Å²) in [5, 5.41) is 3.13. The van der Waals surface area contributed by atoms with E-state index in [9.17, 15) is 0 Å². The third kappa shape index (κ3) is 3.54. The van der Waals surface area contributed by atoms with Crippen LogP contribution < -0.4 is 5.32 Å². The van der Waals surface area contributed by atoms with Gasteiger partial charge in [-0.15, -0.1) is 0 Å². The van der Waals surface area contributed by atoms with Gasteiger partial charge in [-0.25, -0.2) is 9.97 Å². The van der Waals surface area contributed by atoms with E-state index in [1.54, 1.807) is 0 Å². The van der Waals surface area contributed by atoms with Crippen molar-refractivity contribution < 1.29 is 4.74 Å². The molecular weight excluding hydrogens is 202 g/mol. The highest BCUT2D eigenvalue weighted by molar-refractivity contribution is 5.24. The number of hydrogen-bond acceptors (Lipinski definition) is 4. The van der Waals surface area contributed by atoms with Crippen LogP contribution in [0.15, 0.2) is 0 Å². The molecule has 0 aliphatic carbocycles. The fraction of sp³-hybridized carbons (Fsp3) is 0.667. The van der Waals surface area contributed by atoms with Crippen molar-refractivity contribution in [2.45, 2.75) is 33.7 Å². The summed E-state index contributed by atoms with van der Waals surface area (Å²) in [6.45, 7) is 8.32. The second-order valence-corrected chi connectivity index (χ2v) is 3.77. The van der Waals surface area contributed by atoms with E-state index in [0.29, 0.717) is 6.61 Å². The van der Waals surface area contributed by atoms with E-state index >= 15 is 0 Å². The van der Waals surface area contributed by atoms with Gasteiger partial charge in [0.05, 0.1) is 6.61 Å².